The van der Waals surface area contributed by atoms with E-state index in [9.17, 15) is 19.5 Å². The van der Waals surface area contributed by atoms with E-state index in [1.165, 1.54) is 4.90 Å². The van der Waals surface area contributed by atoms with Crippen molar-refractivity contribution in [1.82, 2.24) is 9.88 Å². The Morgan fingerprint density at radius 3 is 2.11 bits per heavy atom. The molecule has 0 radical (unpaired) electrons. The van der Waals surface area contributed by atoms with Gasteiger partial charge in [-0.15, -0.1) is 11.3 Å². The lowest BCUT2D eigenvalue weighted by Crippen LogP contribution is -2.35. The highest BCUT2D eigenvalue weighted by molar-refractivity contribution is 7.09. The fraction of sp³-hybridized carbons (Fsp3) is 0.172. The number of aromatic nitrogens is 1. The van der Waals surface area contributed by atoms with Crippen molar-refractivity contribution in [1.29, 1.82) is 0 Å². The molecule has 7 nitrogen and oxygen atoms in total. The summed E-state index contributed by atoms with van der Waals surface area (Å²) in [6, 6.07) is 21.8. The number of amides is 2. The predicted molar refractivity (Wildman–Crippen MR) is 145 cm³/mol. The van der Waals surface area contributed by atoms with Crippen LogP contribution in [0.2, 0.25) is 0 Å². The Hall–Kier alpha value is -4.30. The Balaban J connectivity index is 1.68. The molecule has 0 saturated heterocycles. The van der Waals surface area contributed by atoms with Crippen molar-refractivity contribution < 1.29 is 19.5 Å². The van der Waals surface area contributed by atoms with Gasteiger partial charge in [0.25, 0.3) is 11.8 Å². The van der Waals surface area contributed by atoms with Crippen LogP contribution in [0.5, 0.6) is 0 Å². The van der Waals surface area contributed by atoms with E-state index in [0.29, 0.717) is 40.9 Å². The quantitative estimate of drug-likeness (QED) is 0.313. The normalized spacial score (nSPS) is 10.6. The maximum absolute atomic E-state index is 13.8. The molecular weight excluding hydrogens is 486 g/mol. The molecule has 2 aromatic heterocycles. The molecule has 8 heteroatoms. The molecule has 0 aliphatic heterocycles. The number of rotatable bonds is 10. The molecule has 4 rings (SSSR count). The van der Waals surface area contributed by atoms with Gasteiger partial charge in [-0.2, -0.15) is 0 Å². The molecule has 0 bridgehead atoms. The summed E-state index contributed by atoms with van der Waals surface area (Å²) in [4.78, 5) is 46.9. The number of pyridine rings is 1. The minimum Gasteiger partial charge on any atom is -0.481 e. The van der Waals surface area contributed by atoms with E-state index >= 15 is 0 Å². The number of benzene rings is 2. The topological polar surface area (TPSA) is 90.8 Å². The van der Waals surface area contributed by atoms with Crippen molar-refractivity contribution in [3.05, 3.63) is 107 Å². The highest BCUT2D eigenvalue weighted by Gasteiger charge is 2.24. The summed E-state index contributed by atoms with van der Waals surface area (Å²) in [5, 5.41) is 11.2. The van der Waals surface area contributed by atoms with E-state index in [2.05, 4.69) is 4.98 Å². The number of thiophene rings is 1. The van der Waals surface area contributed by atoms with Gasteiger partial charge in [0.2, 0.25) is 0 Å². The van der Waals surface area contributed by atoms with Crippen LogP contribution in [0.25, 0.3) is 11.1 Å². The average molecular weight is 514 g/mol. The molecule has 0 spiro atoms. The van der Waals surface area contributed by atoms with E-state index < -0.39 is 5.97 Å². The number of carboxylic acids is 1. The monoisotopic (exact) mass is 513 g/mol. The first-order valence-electron chi connectivity index (χ1n) is 11.9. The number of hydrogen-bond donors (Lipinski definition) is 1. The maximum atomic E-state index is 13.8. The highest BCUT2D eigenvalue weighted by atomic mass is 32.1. The number of aliphatic carboxylic acids is 1. The number of carboxylic acid groups (broad SMARTS) is 1. The van der Waals surface area contributed by atoms with Gasteiger partial charge in [-0.05, 0) is 53.3 Å². The molecule has 0 aliphatic rings. The van der Waals surface area contributed by atoms with Gasteiger partial charge in [0.15, 0.2) is 0 Å². The Bertz CT molecular complexity index is 1370. The second-order valence-corrected chi connectivity index (χ2v) is 9.46. The Labute approximate surface area is 219 Å². The summed E-state index contributed by atoms with van der Waals surface area (Å²) in [5.41, 5.74) is 2.77. The molecule has 0 saturated carbocycles. The second kappa shape index (κ2) is 12.1. The van der Waals surface area contributed by atoms with Crippen molar-refractivity contribution in [3.8, 4) is 11.1 Å². The largest absolute Gasteiger partial charge is 0.481 e. The van der Waals surface area contributed by atoms with Gasteiger partial charge in [0.05, 0.1) is 18.3 Å². The van der Waals surface area contributed by atoms with Crippen LogP contribution in [0.3, 0.4) is 0 Å². The van der Waals surface area contributed by atoms with Gasteiger partial charge in [-0.25, -0.2) is 0 Å². The number of hydrogen-bond acceptors (Lipinski definition) is 5. The van der Waals surface area contributed by atoms with Crippen molar-refractivity contribution in [2.75, 3.05) is 25.0 Å². The molecule has 37 heavy (non-hydrogen) atoms. The summed E-state index contributed by atoms with van der Waals surface area (Å²) < 4.78 is 0. The van der Waals surface area contributed by atoms with E-state index in [-0.39, 0.29) is 24.8 Å². The van der Waals surface area contributed by atoms with E-state index in [1.54, 1.807) is 72.1 Å². The lowest BCUT2D eigenvalue weighted by Gasteiger charge is -2.24. The first-order chi connectivity index (χ1) is 18.0. The minimum atomic E-state index is -0.961. The lowest BCUT2D eigenvalue weighted by molar-refractivity contribution is -0.137. The summed E-state index contributed by atoms with van der Waals surface area (Å²) in [7, 11) is 1.69. The zero-order chi connectivity index (χ0) is 26.2. The fourth-order valence-corrected chi connectivity index (χ4v) is 4.77. The van der Waals surface area contributed by atoms with Gasteiger partial charge >= 0.3 is 5.97 Å². The van der Waals surface area contributed by atoms with Crippen molar-refractivity contribution in [2.24, 2.45) is 0 Å². The van der Waals surface area contributed by atoms with Crippen LogP contribution in [-0.2, 0) is 11.2 Å². The molecule has 188 valence electrons. The zero-order valence-electron chi connectivity index (χ0n) is 20.4. The number of anilines is 1. The summed E-state index contributed by atoms with van der Waals surface area (Å²) in [6.45, 7) is 0.490. The summed E-state index contributed by atoms with van der Waals surface area (Å²) in [6.07, 6.45) is 3.75. The number of carbonyl (C=O) groups is 3. The molecular formula is C29H27N3O4S. The van der Waals surface area contributed by atoms with Gasteiger partial charge in [-0.1, -0.05) is 42.5 Å². The standard InChI is InChI=1S/C29H27N3O4S/c1-31(21-8-6-16-30-20-21)28(35)25-12-4-2-10-23(25)24-11-3-5-13-26(24)29(36)32(18-15-27(33)34)17-14-22-9-7-19-37-22/h2-13,16,19-20H,14-15,17-18H2,1H3,(H,33,34). The molecule has 1 N–H and O–H groups in total. The van der Waals surface area contributed by atoms with Crippen molar-refractivity contribution in [2.45, 2.75) is 12.8 Å². The van der Waals surface area contributed by atoms with Crippen LogP contribution in [0.4, 0.5) is 5.69 Å². The van der Waals surface area contributed by atoms with Crippen LogP contribution >= 0.6 is 11.3 Å². The lowest BCUT2D eigenvalue weighted by atomic mass is 9.94. The first kappa shape index (κ1) is 25.8. The van der Waals surface area contributed by atoms with Crippen LogP contribution in [0.15, 0.2) is 90.6 Å². The first-order valence-corrected chi connectivity index (χ1v) is 12.7. The molecule has 2 amide bonds. The molecule has 0 aliphatic carbocycles. The Morgan fingerprint density at radius 1 is 0.838 bits per heavy atom. The van der Waals surface area contributed by atoms with Gasteiger partial charge in [0, 0.05) is 42.3 Å². The third kappa shape index (κ3) is 6.29. The highest BCUT2D eigenvalue weighted by Crippen LogP contribution is 2.30. The van der Waals surface area contributed by atoms with Gasteiger partial charge in [-0.3, -0.25) is 19.4 Å². The maximum Gasteiger partial charge on any atom is 0.305 e. The SMILES string of the molecule is CN(C(=O)c1ccccc1-c1ccccc1C(=O)N(CCC(=O)O)CCc1cccs1)c1cccnc1. The van der Waals surface area contributed by atoms with Crippen LogP contribution < -0.4 is 4.90 Å². The second-order valence-electron chi connectivity index (χ2n) is 8.43. The van der Waals surface area contributed by atoms with Crippen molar-refractivity contribution in [3.63, 3.8) is 0 Å². The van der Waals surface area contributed by atoms with Crippen LogP contribution in [0, 0.1) is 0 Å². The molecule has 0 fully saturated rings. The van der Waals surface area contributed by atoms with Crippen LogP contribution in [0.1, 0.15) is 32.0 Å². The van der Waals surface area contributed by atoms with E-state index in [1.807, 2.05) is 41.8 Å². The Kier molecular flexibility index (Phi) is 8.43. The summed E-state index contributed by atoms with van der Waals surface area (Å²) >= 11 is 1.60. The number of carbonyl (C=O) groups excluding carboxylic acids is 2. The number of nitrogens with zero attached hydrogens (tertiary/aromatic N) is 3. The molecule has 0 atom stereocenters. The summed E-state index contributed by atoms with van der Waals surface area (Å²) in [5.74, 6) is -1.46. The van der Waals surface area contributed by atoms with E-state index in [4.69, 9.17) is 0 Å². The van der Waals surface area contributed by atoms with Crippen molar-refractivity contribution >= 4 is 34.8 Å². The zero-order valence-corrected chi connectivity index (χ0v) is 21.2. The molecule has 4 aromatic rings. The predicted octanol–water partition coefficient (Wildman–Crippen LogP) is 5.25. The van der Waals surface area contributed by atoms with Gasteiger partial charge in [0.1, 0.15) is 0 Å². The third-order valence-electron chi connectivity index (χ3n) is 6.03. The third-order valence-corrected chi connectivity index (χ3v) is 6.97. The van der Waals surface area contributed by atoms with Gasteiger partial charge < -0.3 is 14.9 Å². The minimum absolute atomic E-state index is 0.0954. The average Bonchev–Trinajstić information content (AvgIpc) is 3.46. The fourth-order valence-electron chi connectivity index (χ4n) is 4.07. The van der Waals surface area contributed by atoms with E-state index in [0.717, 1.165) is 4.88 Å². The Morgan fingerprint density at radius 2 is 1.51 bits per heavy atom. The molecule has 2 aromatic carbocycles. The van der Waals surface area contributed by atoms with Crippen LogP contribution in [-0.4, -0.2) is 52.9 Å². The smallest absolute Gasteiger partial charge is 0.305 e. The molecule has 2 heterocycles. The molecule has 0 unspecified atom stereocenters.